The van der Waals surface area contributed by atoms with Crippen molar-refractivity contribution < 1.29 is 0 Å². The summed E-state index contributed by atoms with van der Waals surface area (Å²) in [4.78, 5) is 8.30. The Bertz CT molecular complexity index is 540. The van der Waals surface area contributed by atoms with Crippen molar-refractivity contribution in [3.05, 3.63) is 44.9 Å². The van der Waals surface area contributed by atoms with E-state index in [1.54, 1.807) is 0 Å². The average Bonchev–Trinajstić information content (AvgIpc) is 2.32. The van der Waals surface area contributed by atoms with E-state index in [1.807, 2.05) is 24.3 Å². The van der Waals surface area contributed by atoms with Gasteiger partial charge in [0, 0.05) is 14.8 Å². The molecule has 0 saturated heterocycles. The van der Waals surface area contributed by atoms with E-state index in [2.05, 4.69) is 51.7 Å². The highest BCUT2D eigenvalue weighted by Crippen LogP contribution is 2.29. The second-order valence-electron chi connectivity index (χ2n) is 4.21. The molecule has 0 spiro atoms. The van der Waals surface area contributed by atoms with Crippen LogP contribution in [0.5, 0.6) is 0 Å². The number of nitrogens with one attached hydrogen (secondary N) is 1. The van der Waals surface area contributed by atoms with Gasteiger partial charge in [0.25, 0.3) is 0 Å². The lowest BCUT2D eigenvalue weighted by molar-refractivity contribution is 0.850. The van der Waals surface area contributed by atoms with Crippen molar-refractivity contribution in [1.29, 1.82) is 0 Å². The third-order valence-corrected chi connectivity index (χ3v) is 3.54. The van der Waals surface area contributed by atoms with E-state index >= 15 is 0 Å². The van der Waals surface area contributed by atoms with Gasteiger partial charge in [-0.2, -0.15) is 0 Å². The van der Waals surface area contributed by atoms with E-state index < -0.39 is 0 Å². The normalized spacial score (nSPS) is 10.7. The first-order valence-corrected chi connectivity index (χ1v) is 7.06. The largest absolute Gasteiger partial charge is 0.340 e. The molecule has 3 nitrogen and oxygen atoms in total. The Balaban J connectivity index is 2.34. The fraction of sp³-hybridized carbons (Fsp3) is 0.231. The van der Waals surface area contributed by atoms with Crippen molar-refractivity contribution in [2.45, 2.75) is 19.8 Å². The third-order valence-electron chi connectivity index (χ3n) is 2.52. The maximum Gasteiger partial charge on any atom is 0.138 e. The van der Waals surface area contributed by atoms with Gasteiger partial charge in [-0.05, 0) is 52.8 Å². The zero-order valence-electron chi connectivity index (χ0n) is 10.1. The highest BCUT2D eigenvalue weighted by molar-refractivity contribution is 14.1. The lowest BCUT2D eigenvalue weighted by Gasteiger charge is -2.14. The van der Waals surface area contributed by atoms with E-state index in [9.17, 15) is 0 Å². The van der Waals surface area contributed by atoms with Crippen LogP contribution < -0.4 is 5.32 Å². The van der Waals surface area contributed by atoms with Crippen molar-refractivity contribution in [3.63, 3.8) is 0 Å². The first kappa shape index (κ1) is 13.5. The summed E-state index contributed by atoms with van der Waals surface area (Å²) in [6, 6.07) is 8.12. The Morgan fingerprint density at radius 2 is 1.83 bits per heavy atom. The van der Waals surface area contributed by atoms with Gasteiger partial charge in [-0.25, -0.2) is 9.97 Å². The fourth-order valence-electron chi connectivity index (χ4n) is 1.66. The molecule has 1 N–H and O–H groups in total. The number of anilines is 2. The van der Waals surface area contributed by atoms with Crippen molar-refractivity contribution in [3.8, 4) is 0 Å². The molecule has 0 amide bonds. The molecule has 1 aromatic heterocycles. The minimum atomic E-state index is 0.269. The molecule has 0 bridgehead atoms. The topological polar surface area (TPSA) is 37.8 Å². The molecule has 2 rings (SSSR count). The van der Waals surface area contributed by atoms with Gasteiger partial charge in [0.2, 0.25) is 0 Å². The second kappa shape index (κ2) is 5.84. The standard InChI is InChI=1S/C13H13ClIN3/c1-8(2)11-12(14)16-7-17-13(11)18-10-5-3-9(15)4-6-10/h3-8H,1-2H3,(H,16,17,18). The van der Waals surface area contributed by atoms with E-state index in [0.29, 0.717) is 5.15 Å². The summed E-state index contributed by atoms with van der Waals surface area (Å²) >= 11 is 8.40. The molecule has 0 fully saturated rings. The Kier molecular flexibility index (Phi) is 4.40. The van der Waals surface area contributed by atoms with Gasteiger partial charge < -0.3 is 5.32 Å². The number of hydrogen-bond donors (Lipinski definition) is 1. The smallest absolute Gasteiger partial charge is 0.138 e. The van der Waals surface area contributed by atoms with Crippen molar-refractivity contribution >= 4 is 45.7 Å². The van der Waals surface area contributed by atoms with Crippen LogP contribution in [0.3, 0.4) is 0 Å². The molecule has 94 valence electrons. The Morgan fingerprint density at radius 1 is 1.17 bits per heavy atom. The molecule has 0 saturated carbocycles. The molecule has 2 aromatic rings. The first-order valence-electron chi connectivity index (χ1n) is 5.61. The molecule has 0 radical (unpaired) electrons. The lowest BCUT2D eigenvalue weighted by atomic mass is 10.1. The molecule has 0 aliphatic carbocycles. The third kappa shape index (κ3) is 3.11. The van der Waals surface area contributed by atoms with Gasteiger partial charge in [-0.1, -0.05) is 25.4 Å². The van der Waals surface area contributed by atoms with Gasteiger partial charge >= 0.3 is 0 Å². The second-order valence-corrected chi connectivity index (χ2v) is 5.82. The molecule has 18 heavy (non-hydrogen) atoms. The molecule has 0 unspecified atom stereocenters. The van der Waals surface area contributed by atoms with Crippen LogP contribution in [-0.4, -0.2) is 9.97 Å². The summed E-state index contributed by atoms with van der Waals surface area (Å²) in [5.74, 6) is 1.04. The van der Waals surface area contributed by atoms with Gasteiger partial charge in [0.15, 0.2) is 0 Å². The summed E-state index contributed by atoms with van der Waals surface area (Å²) < 4.78 is 1.20. The van der Waals surface area contributed by atoms with Crippen LogP contribution in [0, 0.1) is 3.57 Å². The van der Waals surface area contributed by atoms with Crippen LogP contribution >= 0.6 is 34.2 Å². The van der Waals surface area contributed by atoms with Crippen molar-refractivity contribution in [2.24, 2.45) is 0 Å². The molecule has 0 aliphatic rings. The minimum absolute atomic E-state index is 0.269. The SMILES string of the molecule is CC(C)c1c(Cl)ncnc1Nc1ccc(I)cc1. The van der Waals surface area contributed by atoms with Gasteiger partial charge in [0.1, 0.15) is 17.3 Å². The zero-order chi connectivity index (χ0) is 13.1. The van der Waals surface area contributed by atoms with E-state index in [0.717, 1.165) is 17.1 Å². The number of hydrogen-bond acceptors (Lipinski definition) is 3. The number of nitrogens with zero attached hydrogens (tertiary/aromatic N) is 2. The Morgan fingerprint density at radius 3 is 2.44 bits per heavy atom. The molecule has 1 aromatic carbocycles. The number of halogens is 2. The van der Waals surface area contributed by atoms with Gasteiger partial charge in [0.05, 0.1) is 0 Å². The van der Waals surface area contributed by atoms with Gasteiger partial charge in [-0.15, -0.1) is 0 Å². The summed E-state index contributed by atoms with van der Waals surface area (Å²) in [6.07, 6.45) is 1.48. The number of rotatable bonds is 3. The molecular weight excluding hydrogens is 361 g/mol. The lowest BCUT2D eigenvalue weighted by Crippen LogP contribution is -2.02. The van der Waals surface area contributed by atoms with Crippen LogP contribution in [0.2, 0.25) is 5.15 Å². The summed E-state index contributed by atoms with van der Waals surface area (Å²) in [5, 5.41) is 3.79. The van der Waals surface area contributed by atoms with E-state index in [4.69, 9.17) is 11.6 Å². The maximum absolute atomic E-state index is 6.12. The number of aromatic nitrogens is 2. The highest BCUT2D eigenvalue weighted by atomic mass is 127. The van der Waals surface area contributed by atoms with E-state index in [-0.39, 0.29) is 5.92 Å². The van der Waals surface area contributed by atoms with Crippen LogP contribution in [0.25, 0.3) is 0 Å². The molecule has 0 atom stereocenters. The predicted octanol–water partition coefficient (Wildman–Crippen LogP) is 4.60. The maximum atomic E-state index is 6.12. The molecule has 5 heteroatoms. The first-order chi connectivity index (χ1) is 8.58. The Labute approximate surface area is 125 Å². The Hall–Kier alpha value is -0.880. The minimum Gasteiger partial charge on any atom is -0.340 e. The van der Waals surface area contributed by atoms with Crippen LogP contribution in [-0.2, 0) is 0 Å². The van der Waals surface area contributed by atoms with Crippen LogP contribution in [0.4, 0.5) is 11.5 Å². The molecular formula is C13H13ClIN3. The summed E-state index contributed by atoms with van der Waals surface area (Å²) in [7, 11) is 0. The quantitative estimate of drug-likeness (QED) is 0.631. The predicted molar refractivity (Wildman–Crippen MR) is 83.6 cm³/mol. The summed E-state index contributed by atoms with van der Waals surface area (Å²) in [6.45, 7) is 4.15. The molecule has 0 aliphatic heterocycles. The highest BCUT2D eigenvalue weighted by Gasteiger charge is 2.13. The van der Waals surface area contributed by atoms with Crippen LogP contribution in [0.1, 0.15) is 25.3 Å². The summed E-state index contributed by atoms with van der Waals surface area (Å²) in [5.41, 5.74) is 1.93. The van der Waals surface area contributed by atoms with Crippen molar-refractivity contribution in [2.75, 3.05) is 5.32 Å². The van der Waals surface area contributed by atoms with Crippen molar-refractivity contribution in [1.82, 2.24) is 9.97 Å². The van der Waals surface area contributed by atoms with E-state index in [1.165, 1.54) is 9.90 Å². The number of benzene rings is 1. The monoisotopic (exact) mass is 373 g/mol. The van der Waals surface area contributed by atoms with Gasteiger partial charge in [-0.3, -0.25) is 0 Å². The molecule has 1 heterocycles. The average molecular weight is 374 g/mol. The fourth-order valence-corrected chi connectivity index (χ4v) is 2.37. The van der Waals surface area contributed by atoms with Crippen LogP contribution in [0.15, 0.2) is 30.6 Å². The zero-order valence-corrected chi connectivity index (χ0v) is 13.0.